The van der Waals surface area contributed by atoms with Crippen LogP contribution >= 0.6 is 0 Å². The summed E-state index contributed by atoms with van der Waals surface area (Å²) >= 11 is 0. The number of carbonyl (C=O) groups is 1. The van der Waals surface area contributed by atoms with Gasteiger partial charge < -0.3 is 9.47 Å². The predicted molar refractivity (Wildman–Crippen MR) is 62.5 cm³/mol. The number of nitrogens with zero attached hydrogens (tertiary/aromatic N) is 2. The van der Waals surface area contributed by atoms with Crippen LogP contribution in [0.25, 0.3) is 0 Å². The average molecular weight is 208 g/mol. The van der Waals surface area contributed by atoms with Crippen LogP contribution in [0.3, 0.4) is 0 Å². The van der Waals surface area contributed by atoms with E-state index in [2.05, 4.69) is 23.4 Å². The van der Waals surface area contributed by atoms with Gasteiger partial charge in [0.1, 0.15) is 0 Å². The Balaban J connectivity index is 2.76. The molecule has 0 saturated heterocycles. The summed E-state index contributed by atoms with van der Waals surface area (Å²) in [6, 6.07) is 1.95. The average Bonchev–Trinajstić information content (AvgIpc) is 2.51. The van der Waals surface area contributed by atoms with Crippen LogP contribution in [0.2, 0.25) is 0 Å². The van der Waals surface area contributed by atoms with Crippen LogP contribution in [-0.4, -0.2) is 35.9 Å². The zero-order valence-corrected chi connectivity index (χ0v) is 10.1. The van der Waals surface area contributed by atoms with Gasteiger partial charge in [-0.05, 0) is 33.5 Å². The van der Waals surface area contributed by atoms with Crippen molar-refractivity contribution in [3.63, 3.8) is 0 Å². The van der Waals surface area contributed by atoms with Gasteiger partial charge in [0.25, 0.3) is 0 Å². The van der Waals surface area contributed by atoms with Crippen molar-refractivity contribution >= 4 is 6.29 Å². The molecule has 84 valence electrons. The Morgan fingerprint density at radius 2 is 2.13 bits per heavy atom. The number of hydrogen-bond acceptors (Lipinski definition) is 2. The van der Waals surface area contributed by atoms with Gasteiger partial charge in [0.15, 0.2) is 6.29 Å². The SMILES string of the molecule is CCN(C)CCn1c(C)cc(C=O)c1C. The zero-order valence-electron chi connectivity index (χ0n) is 10.1. The van der Waals surface area contributed by atoms with Gasteiger partial charge in [-0.1, -0.05) is 6.92 Å². The van der Waals surface area contributed by atoms with E-state index in [1.54, 1.807) is 0 Å². The minimum absolute atomic E-state index is 0.812. The third-order valence-corrected chi connectivity index (χ3v) is 2.98. The highest BCUT2D eigenvalue weighted by molar-refractivity contribution is 5.77. The van der Waals surface area contributed by atoms with Gasteiger partial charge in [0, 0.05) is 30.0 Å². The third kappa shape index (κ3) is 2.69. The first-order chi connectivity index (χ1) is 7.10. The van der Waals surface area contributed by atoms with Gasteiger partial charge in [-0.3, -0.25) is 4.79 Å². The number of aldehydes is 1. The monoisotopic (exact) mass is 208 g/mol. The highest BCUT2D eigenvalue weighted by Crippen LogP contribution is 2.12. The molecule has 0 amide bonds. The number of aromatic nitrogens is 1. The molecule has 0 aliphatic rings. The van der Waals surface area contributed by atoms with Crippen molar-refractivity contribution in [2.24, 2.45) is 0 Å². The molecule has 1 aromatic rings. The van der Waals surface area contributed by atoms with Gasteiger partial charge in [-0.2, -0.15) is 0 Å². The fourth-order valence-electron chi connectivity index (χ4n) is 1.72. The summed E-state index contributed by atoms with van der Waals surface area (Å²) in [5.74, 6) is 0. The van der Waals surface area contributed by atoms with Gasteiger partial charge in [-0.25, -0.2) is 0 Å². The molecule has 0 saturated carbocycles. The molecule has 15 heavy (non-hydrogen) atoms. The smallest absolute Gasteiger partial charge is 0.151 e. The van der Waals surface area contributed by atoms with Crippen LogP contribution in [0.4, 0.5) is 0 Å². The molecule has 0 bridgehead atoms. The highest BCUT2D eigenvalue weighted by atomic mass is 16.1. The Morgan fingerprint density at radius 1 is 1.47 bits per heavy atom. The lowest BCUT2D eigenvalue weighted by Gasteiger charge is -2.16. The Hall–Kier alpha value is -1.09. The molecular formula is C12H20N2O. The minimum Gasteiger partial charge on any atom is -0.347 e. The highest BCUT2D eigenvalue weighted by Gasteiger charge is 2.08. The van der Waals surface area contributed by atoms with E-state index < -0.39 is 0 Å². The quantitative estimate of drug-likeness (QED) is 0.690. The van der Waals surface area contributed by atoms with E-state index in [9.17, 15) is 4.79 Å². The lowest BCUT2D eigenvalue weighted by atomic mass is 10.3. The van der Waals surface area contributed by atoms with E-state index in [1.165, 1.54) is 5.69 Å². The number of carbonyl (C=O) groups excluding carboxylic acids is 1. The van der Waals surface area contributed by atoms with E-state index in [4.69, 9.17) is 0 Å². The topological polar surface area (TPSA) is 25.2 Å². The van der Waals surface area contributed by atoms with Crippen molar-refractivity contribution in [3.8, 4) is 0 Å². The summed E-state index contributed by atoms with van der Waals surface area (Å²) in [6.45, 7) is 9.22. The molecule has 0 unspecified atom stereocenters. The molecule has 0 fully saturated rings. The maximum atomic E-state index is 10.8. The fraction of sp³-hybridized carbons (Fsp3) is 0.583. The first-order valence-electron chi connectivity index (χ1n) is 5.40. The van der Waals surface area contributed by atoms with Crippen molar-refractivity contribution in [1.29, 1.82) is 0 Å². The van der Waals surface area contributed by atoms with Gasteiger partial charge in [-0.15, -0.1) is 0 Å². The molecule has 0 aliphatic carbocycles. The van der Waals surface area contributed by atoms with Crippen molar-refractivity contribution in [1.82, 2.24) is 9.47 Å². The Bertz CT molecular complexity index is 342. The largest absolute Gasteiger partial charge is 0.347 e. The van der Waals surface area contributed by atoms with E-state index in [1.807, 2.05) is 19.9 Å². The maximum Gasteiger partial charge on any atom is 0.151 e. The maximum absolute atomic E-state index is 10.8. The molecular weight excluding hydrogens is 188 g/mol. The second-order valence-corrected chi connectivity index (χ2v) is 3.99. The third-order valence-electron chi connectivity index (χ3n) is 2.98. The van der Waals surface area contributed by atoms with Gasteiger partial charge >= 0.3 is 0 Å². The van der Waals surface area contributed by atoms with Crippen LogP contribution in [0.15, 0.2) is 6.07 Å². The predicted octanol–water partition coefficient (Wildman–Crippen LogP) is 1.87. The number of aryl methyl sites for hydroxylation is 1. The molecule has 3 heteroatoms. The Morgan fingerprint density at radius 3 is 2.60 bits per heavy atom. The van der Waals surface area contributed by atoms with Crippen LogP contribution in [-0.2, 0) is 6.54 Å². The summed E-state index contributed by atoms with van der Waals surface area (Å²) in [4.78, 5) is 13.0. The Kier molecular flexibility index (Phi) is 4.09. The van der Waals surface area contributed by atoms with E-state index >= 15 is 0 Å². The second-order valence-electron chi connectivity index (χ2n) is 3.99. The van der Waals surface area contributed by atoms with E-state index in [0.717, 1.165) is 37.2 Å². The number of likely N-dealkylation sites (N-methyl/N-ethyl adjacent to an activating group) is 1. The standard InChI is InChI=1S/C12H20N2O/c1-5-13(4)6-7-14-10(2)8-12(9-15)11(14)3/h8-9H,5-7H2,1-4H3. The van der Waals surface area contributed by atoms with Crippen LogP contribution in [0.1, 0.15) is 28.7 Å². The van der Waals surface area contributed by atoms with Gasteiger partial charge in [0.05, 0.1) is 0 Å². The van der Waals surface area contributed by atoms with E-state index in [0.29, 0.717) is 0 Å². The number of hydrogen-bond donors (Lipinski definition) is 0. The van der Waals surface area contributed by atoms with Gasteiger partial charge in [0.2, 0.25) is 0 Å². The first-order valence-corrected chi connectivity index (χ1v) is 5.40. The molecule has 0 atom stereocenters. The zero-order chi connectivity index (χ0) is 11.4. The summed E-state index contributed by atoms with van der Waals surface area (Å²) in [5, 5.41) is 0. The second kappa shape index (κ2) is 5.12. The van der Waals surface area contributed by atoms with Crippen LogP contribution in [0.5, 0.6) is 0 Å². The fourth-order valence-corrected chi connectivity index (χ4v) is 1.72. The summed E-state index contributed by atoms with van der Waals surface area (Å²) < 4.78 is 2.20. The molecule has 0 aromatic carbocycles. The van der Waals surface area contributed by atoms with Crippen molar-refractivity contribution in [2.75, 3.05) is 20.1 Å². The molecule has 0 N–H and O–H groups in total. The molecule has 0 spiro atoms. The summed E-state index contributed by atoms with van der Waals surface area (Å²) in [7, 11) is 2.11. The van der Waals surface area contributed by atoms with Crippen molar-refractivity contribution < 1.29 is 4.79 Å². The van der Waals surface area contributed by atoms with Crippen LogP contribution in [0, 0.1) is 13.8 Å². The molecule has 3 nitrogen and oxygen atoms in total. The van der Waals surface area contributed by atoms with Crippen molar-refractivity contribution in [3.05, 3.63) is 23.0 Å². The van der Waals surface area contributed by atoms with Crippen LogP contribution < -0.4 is 0 Å². The van der Waals surface area contributed by atoms with E-state index in [-0.39, 0.29) is 0 Å². The van der Waals surface area contributed by atoms with Crippen molar-refractivity contribution in [2.45, 2.75) is 27.3 Å². The molecule has 1 heterocycles. The number of rotatable bonds is 5. The lowest BCUT2D eigenvalue weighted by Crippen LogP contribution is -2.23. The summed E-state index contributed by atoms with van der Waals surface area (Å²) in [6.07, 6.45) is 0.933. The minimum atomic E-state index is 0.812. The molecule has 0 aliphatic heterocycles. The first kappa shape index (κ1) is 12.0. The Labute approximate surface area is 91.7 Å². The molecule has 0 radical (unpaired) electrons. The molecule has 1 rings (SSSR count). The normalized spacial score (nSPS) is 11.0. The molecule has 1 aromatic heterocycles. The summed E-state index contributed by atoms with van der Waals surface area (Å²) in [5.41, 5.74) is 3.05. The lowest BCUT2D eigenvalue weighted by molar-refractivity contribution is 0.112.